The number of amides is 2. The Morgan fingerprint density at radius 2 is 1.91 bits per heavy atom. The second-order valence-corrected chi connectivity index (χ2v) is 5.32. The van der Waals surface area contributed by atoms with Crippen molar-refractivity contribution in [3.8, 4) is 0 Å². The van der Waals surface area contributed by atoms with Gasteiger partial charge in [-0.1, -0.05) is 22.0 Å². The number of aliphatic carboxylic acids is 1. The van der Waals surface area contributed by atoms with Gasteiger partial charge in [0, 0.05) is 24.0 Å². The normalized spacial score (nSPS) is 11.1. The van der Waals surface area contributed by atoms with Gasteiger partial charge in [0.25, 0.3) is 0 Å². The van der Waals surface area contributed by atoms with Crippen LogP contribution in [0.2, 0.25) is 0 Å². The van der Waals surface area contributed by atoms with E-state index in [0.29, 0.717) is 4.47 Å². The lowest BCUT2D eigenvalue weighted by molar-refractivity contribution is -0.138. The van der Waals surface area contributed by atoms with Crippen LogP contribution in [0.1, 0.15) is 24.0 Å². The number of halogens is 4. The van der Waals surface area contributed by atoms with Crippen LogP contribution in [0.15, 0.2) is 22.7 Å². The summed E-state index contributed by atoms with van der Waals surface area (Å²) in [5.41, 5.74) is -0.885. The topological polar surface area (TPSA) is 78.4 Å². The van der Waals surface area contributed by atoms with Gasteiger partial charge in [-0.2, -0.15) is 13.2 Å². The Labute approximate surface area is 133 Å². The van der Waals surface area contributed by atoms with E-state index in [2.05, 4.69) is 26.6 Å². The molecule has 0 aliphatic carbocycles. The van der Waals surface area contributed by atoms with E-state index < -0.39 is 23.7 Å². The minimum Gasteiger partial charge on any atom is -0.481 e. The van der Waals surface area contributed by atoms with E-state index in [4.69, 9.17) is 5.11 Å². The molecule has 5 nitrogen and oxygen atoms in total. The number of nitrogens with one attached hydrogen (secondary N) is 2. The van der Waals surface area contributed by atoms with E-state index in [1.54, 1.807) is 0 Å². The van der Waals surface area contributed by atoms with Gasteiger partial charge in [0.1, 0.15) is 0 Å². The highest BCUT2D eigenvalue weighted by atomic mass is 79.9. The number of carbonyl (C=O) groups is 2. The first-order chi connectivity index (χ1) is 10.2. The van der Waals surface area contributed by atoms with E-state index in [-0.39, 0.29) is 31.5 Å². The summed E-state index contributed by atoms with van der Waals surface area (Å²) in [5, 5.41) is 13.1. The number of benzene rings is 1. The summed E-state index contributed by atoms with van der Waals surface area (Å²) >= 11 is 2.97. The van der Waals surface area contributed by atoms with Crippen molar-refractivity contribution in [2.45, 2.75) is 25.6 Å². The number of urea groups is 1. The lowest BCUT2D eigenvalue weighted by Crippen LogP contribution is -2.36. The van der Waals surface area contributed by atoms with Crippen molar-refractivity contribution in [1.29, 1.82) is 0 Å². The Balaban J connectivity index is 2.54. The summed E-state index contributed by atoms with van der Waals surface area (Å²) in [6.07, 6.45) is -4.36. The van der Waals surface area contributed by atoms with E-state index in [1.165, 1.54) is 12.1 Å². The smallest absolute Gasteiger partial charge is 0.416 e. The Morgan fingerprint density at radius 3 is 2.50 bits per heavy atom. The van der Waals surface area contributed by atoms with E-state index in [9.17, 15) is 22.8 Å². The standard InChI is InChI=1S/C13H14BrF3N2O3/c14-9-4-3-8(10(6-9)13(15,16)17)7-19-12(22)18-5-1-2-11(20)21/h3-4,6H,1-2,5,7H2,(H,20,21)(H2,18,19,22). The fourth-order valence-corrected chi connectivity index (χ4v) is 2.01. The van der Waals surface area contributed by atoms with Crippen LogP contribution in [0.5, 0.6) is 0 Å². The number of alkyl halides is 3. The van der Waals surface area contributed by atoms with Gasteiger partial charge >= 0.3 is 18.2 Å². The fourth-order valence-electron chi connectivity index (χ4n) is 1.65. The number of carboxylic acids is 1. The molecule has 0 bridgehead atoms. The fraction of sp³-hybridized carbons (Fsp3) is 0.385. The first-order valence-corrected chi connectivity index (χ1v) is 7.08. The van der Waals surface area contributed by atoms with Crippen molar-refractivity contribution >= 4 is 27.9 Å². The van der Waals surface area contributed by atoms with Crippen LogP contribution < -0.4 is 10.6 Å². The molecule has 0 unspecified atom stereocenters. The van der Waals surface area contributed by atoms with Gasteiger partial charge in [-0.3, -0.25) is 4.79 Å². The summed E-state index contributed by atoms with van der Waals surface area (Å²) < 4.78 is 38.9. The van der Waals surface area contributed by atoms with Crippen molar-refractivity contribution in [3.05, 3.63) is 33.8 Å². The summed E-state index contributed by atoms with van der Waals surface area (Å²) in [6, 6.07) is 3.03. The molecule has 0 spiro atoms. The van der Waals surface area contributed by atoms with Gasteiger partial charge < -0.3 is 15.7 Å². The molecule has 1 aromatic carbocycles. The van der Waals surface area contributed by atoms with Crippen molar-refractivity contribution in [1.82, 2.24) is 10.6 Å². The first kappa shape index (κ1) is 18.3. The molecule has 0 saturated carbocycles. The molecular formula is C13H14BrF3N2O3. The molecule has 0 aliphatic heterocycles. The third-order valence-electron chi connectivity index (χ3n) is 2.67. The van der Waals surface area contributed by atoms with Gasteiger partial charge in [-0.05, 0) is 24.1 Å². The monoisotopic (exact) mass is 382 g/mol. The molecule has 2 amide bonds. The van der Waals surface area contributed by atoms with E-state index >= 15 is 0 Å². The van der Waals surface area contributed by atoms with Gasteiger partial charge in [0.15, 0.2) is 0 Å². The third kappa shape index (κ3) is 6.33. The molecule has 1 aromatic rings. The van der Waals surface area contributed by atoms with Crippen molar-refractivity contribution in [2.75, 3.05) is 6.54 Å². The van der Waals surface area contributed by atoms with Gasteiger partial charge in [-0.25, -0.2) is 4.79 Å². The molecule has 0 aliphatic rings. The molecule has 9 heteroatoms. The molecule has 122 valence electrons. The second kappa shape index (κ2) is 8.02. The molecule has 1 rings (SSSR count). The second-order valence-electron chi connectivity index (χ2n) is 4.41. The number of rotatable bonds is 6. The van der Waals surface area contributed by atoms with Gasteiger partial charge in [0.05, 0.1) is 5.56 Å². The third-order valence-corrected chi connectivity index (χ3v) is 3.16. The average molecular weight is 383 g/mol. The number of hydrogen-bond donors (Lipinski definition) is 3. The van der Waals surface area contributed by atoms with E-state index in [1.807, 2.05) is 0 Å². The maximum absolute atomic E-state index is 12.9. The largest absolute Gasteiger partial charge is 0.481 e. The van der Waals surface area contributed by atoms with Crippen LogP contribution in [0.25, 0.3) is 0 Å². The maximum atomic E-state index is 12.9. The van der Waals surface area contributed by atoms with Gasteiger partial charge in [0.2, 0.25) is 0 Å². The highest BCUT2D eigenvalue weighted by molar-refractivity contribution is 9.10. The molecule has 0 fully saturated rings. The predicted molar refractivity (Wildman–Crippen MR) is 76.3 cm³/mol. The zero-order valence-electron chi connectivity index (χ0n) is 11.3. The SMILES string of the molecule is O=C(O)CCCNC(=O)NCc1ccc(Br)cc1C(F)(F)F. The Hall–Kier alpha value is -1.77. The van der Waals surface area contributed by atoms with Crippen molar-refractivity contribution < 1.29 is 27.9 Å². The molecule has 0 saturated heterocycles. The average Bonchev–Trinajstić information content (AvgIpc) is 2.41. The van der Waals surface area contributed by atoms with Gasteiger partial charge in [-0.15, -0.1) is 0 Å². The molecule has 22 heavy (non-hydrogen) atoms. The maximum Gasteiger partial charge on any atom is 0.416 e. The zero-order valence-corrected chi connectivity index (χ0v) is 12.9. The van der Waals surface area contributed by atoms with Crippen molar-refractivity contribution in [2.24, 2.45) is 0 Å². The Kier molecular flexibility index (Phi) is 6.66. The minimum absolute atomic E-state index is 0.0589. The molecular weight excluding hydrogens is 369 g/mol. The molecule has 0 aromatic heterocycles. The highest BCUT2D eigenvalue weighted by Gasteiger charge is 2.33. The summed E-state index contributed by atoms with van der Waals surface area (Å²) in [4.78, 5) is 21.7. The highest BCUT2D eigenvalue weighted by Crippen LogP contribution is 2.33. The van der Waals surface area contributed by atoms with Crippen LogP contribution in [0, 0.1) is 0 Å². The zero-order chi connectivity index (χ0) is 16.8. The Morgan fingerprint density at radius 1 is 1.23 bits per heavy atom. The van der Waals surface area contributed by atoms with E-state index in [0.717, 1.165) is 6.07 Å². The number of carbonyl (C=O) groups excluding carboxylic acids is 1. The van der Waals surface area contributed by atoms with Crippen LogP contribution >= 0.6 is 15.9 Å². The minimum atomic E-state index is -4.52. The molecule has 0 heterocycles. The van der Waals surface area contributed by atoms with Crippen LogP contribution in [0.4, 0.5) is 18.0 Å². The lowest BCUT2D eigenvalue weighted by atomic mass is 10.1. The molecule has 3 N–H and O–H groups in total. The lowest BCUT2D eigenvalue weighted by Gasteiger charge is -2.14. The molecule has 0 radical (unpaired) electrons. The van der Waals surface area contributed by atoms with Crippen LogP contribution in [-0.4, -0.2) is 23.7 Å². The predicted octanol–water partition coefficient (Wildman–Crippen LogP) is 3.13. The number of hydrogen-bond acceptors (Lipinski definition) is 2. The number of carboxylic acid groups (broad SMARTS) is 1. The summed E-state index contributed by atoms with van der Waals surface area (Å²) in [5.74, 6) is -0.980. The molecule has 0 atom stereocenters. The van der Waals surface area contributed by atoms with Crippen molar-refractivity contribution in [3.63, 3.8) is 0 Å². The Bertz CT molecular complexity index is 550. The van der Waals surface area contributed by atoms with Crippen LogP contribution in [0.3, 0.4) is 0 Å². The summed E-state index contributed by atoms with van der Waals surface area (Å²) in [7, 11) is 0. The quantitative estimate of drug-likeness (QED) is 0.661. The first-order valence-electron chi connectivity index (χ1n) is 6.29. The van der Waals surface area contributed by atoms with Crippen LogP contribution in [-0.2, 0) is 17.5 Å². The summed E-state index contributed by atoms with van der Waals surface area (Å²) in [6.45, 7) is -0.155.